The molecule has 0 unspecified atom stereocenters. The van der Waals surface area contributed by atoms with E-state index in [9.17, 15) is 4.79 Å². The smallest absolute Gasteiger partial charge is 0.275 e. The minimum Gasteiger partial charge on any atom is -0.454 e. The first-order valence-electron chi connectivity index (χ1n) is 8.09. The Morgan fingerprint density at radius 2 is 2.08 bits per heavy atom. The predicted molar refractivity (Wildman–Crippen MR) is 94.2 cm³/mol. The highest BCUT2D eigenvalue weighted by Crippen LogP contribution is 2.32. The van der Waals surface area contributed by atoms with Crippen LogP contribution in [0, 0.1) is 6.92 Å². The van der Waals surface area contributed by atoms with Gasteiger partial charge in [0.15, 0.2) is 11.5 Å². The van der Waals surface area contributed by atoms with Crippen LogP contribution >= 0.6 is 11.3 Å². The van der Waals surface area contributed by atoms with E-state index in [-0.39, 0.29) is 12.4 Å². The minimum absolute atomic E-state index is 0.135. The largest absolute Gasteiger partial charge is 0.454 e. The van der Waals surface area contributed by atoms with Crippen molar-refractivity contribution in [3.63, 3.8) is 0 Å². The second-order valence-corrected chi connectivity index (χ2v) is 6.96. The number of aromatic nitrogens is 3. The summed E-state index contributed by atoms with van der Waals surface area (Å²) in [6.07, 6.45) is 0. The van der Waals surface area contributed by atoms with Crippen molar-refractivity contribution < 1.29 is 9.47 Å². The maximum atomic E-state index is 12.0. The molecule has 1 aliphatic rings. The first-order chi connectivity index (χ1) is 12.1. The minimum atomic E-state index is -0.135. The van der Waals surface area contributed by atoms with Gasteiger partial charge in [0.2, 0.25) is 11.8 Å². The molecule has 25 heavy (non-hydrogen) atoms. The van der Waals surface area contributed by atoms with E-state index in [1.165, 1.54) is 21.9 Å². The Labute approximate surface area is 148 Å². The molecule has 0 aliphatic carbocycles. The van der Waals surface area contributed by atoms with Crippen LogP contribution in [0.1, 0.15) is 23.2 Å². The number of hydrogen-bond donors (Lipinski definition) is 0. The average Bonchev–Trinajstić information content (AvgIpc) is 3.20. The maximum absolute atomic E-state index is 12.0. The fraction of sp³-hybridized carbons (Fsp3) is 0.353. The van der Waals surface area contributed by atoms with E-state index < -0.39 is 0 Å². The molecule has 0 saturated heterocycles. The van der Waals surface area contributed by atoms with E-state index in [0.29, 0.717) is 17.2 Å². The highest BCUT2D eigenvalue weighted by molar-refractivity contribution is 7.16. The number of benzene rings is 1. The predicted octanol–water partition coefficient (Wildman–Crippen LogP) is 2.21. The van der Waals surface area contributed by atoms with Gasteiger partial charge in [0.25, 0.3) is 5.56 Å². The molecule has 0 bridgehead atoms. The van der Waals surface area contributed by atoms with Gasteiger partial charge < -0.3 is 9.47 Å². The molecule has 7 nitrogen and oxygen atoms in total. The molecule has 0 amide bonds. The molecule has 1 aromatic carbocycles. The summed E-state index contributed by atoms with van der Waals surface area (Å²) in [4.78, 5) is 19.3. The maximum Gasteiger partial charge on any atom is 0.275 e. The summed E-state index contributed by atoms with van der Waals surface area (Å²) >= 11 is 1.45. The van der Waals surface area contributed by atoms with Gasteiger partial charge in [-0.3, -0.25) is 9.69 Å². The highest BCUT2D eigenvalue weighted by atomic mass is 32.1. The lowest BCUT2D eigenvalue weighted by atomic mass is 10.2. The van der Waals surface area contributed by atoms with Crippen LogP contribution in [0.25, 0.3) is 4.96 Å². The van der Waals surface area contributed by atoms with E-state index in [2.05, 4.69) is 21.9 Å². The molecule has 0 saturated carbocycles. The summed E-state index contributed by atoms with van der Waals surface area (Å²) in [5.74, 6) is 1.58. The van der Waals surface area contributed by atoms with Gasteiger partial charge >= 0.3 is 0 Å². The molecule has 0 fully saturated rings. The van der Waals surface area contributed by atoms with Crippen LogP contribution in [0.4, 0.5) is 0 Å². The van der Waals surface area contributed by atoms with Gasteiger partial charge in [-0.05, 0) is 31.2 Å². The van der Waals surface area contributed by atoms with Crippen molar-refractivity contribution in [2.75, 3.05) is 13.3 Å². The molecule has 1 aliphatic heterocycles. The van der Waals surface area contributed by atoms with Crippen LogP contribution in [0.2, 0.25) is 0 Å². The Kier molecular flexibility index (Phi) is 4.14. The summed E-state index contributed by atoms with van der Waals surface area (Å²) in [7, 11) is 0. The quantitative estimate of drug-likeness (QED) is 0.697. The monoisotopic (exact) mass is 358 g/mol. The zero-order valence-electron chi connectivity index (χ0n) is 14.1. The molecule has 2 aromatic heterocycles. The second kappa shape index (κ2) is 6.45. The Balaban J connectivity index is 1.54. The van der Waals surface area contributed by atoms with Crippen molar-refractivity contribution in [3.05, 3.63) is 50.9 Å². The van der Waals surface area contributed by atoms with Gasteiger partial charge in [-0.2, -0.15) is 9.61 Å². The van der Waals surface area contributed by atoms with Gasteiger partial charge in [-0.25, -0.2) is 4.98 Å². The van der Waals surface area contributed by atoms with E-state index in [4.69, 9.17) is 9.47 Å². The first-order valence-corrected chi connectivity index (χ1v) is 8.91. The van der Waals surface area contributed by atoms with Crippen molar-refractivity contribution in [2.24, 2.45) is 0 Å². The third kappa shape index (κ3) is 3.22. The summed E-state index contributed by atoms with van der Waals surface area (Å²) in [6.45, 7) is 6.50. The van der Waals surface area contributed by atoms with Crippen molar-refractivity contribution >= 4 is 16.3 Å². The normalized spacial score (nSPS) is 13.1. The Hall–Kier alpha value is -2.45. The fourth-order valence-electron chi connectivity index (χ4n) is 2.79. The zero-order valence-corrected chi connectivity index (χ0v) is 14.9. The van der Waals surface area contributed by atoms with Crippen LogP contribution < -0.4 is 15.0 Å². The number of nitrogens with zero attached hydrogens (tertiary/aromatic N) is 4. The SMILES string of the molecule is CCN(Cc1ccc2c(c1)OCO2)Cc1nn2c(=O)cc(C)nc2s1. The topological polar surface area (TPSA) is 69.0 Å². The van der Waals surface area contributed by atoms with Crippen molar-refractivity contribution in [2.45, 2.75) is 26.9 Å². The van der Waals surface area contributed by atoms with E-state index in [1.807, 2.05) is 25.1 Å². The summed E-state index contributed by atoms with van der Waals surface area (Å²) in [5, 5.41) is 5.29. The molecule has 3 aromatic rings. The molecule has 3 heterocycles. The van der Waals surface area contributed by atoms with Crippen molar-refractivity contribution in [1.29, 1.82) is 0 Å². The summed E-state index contributed by atoms with van der Waals surface area (Å²) in [6, 6.07) is 7.50. The van der Waals surface area contributed by atoms with Crippen molar-refractivity contribution in [3.8, 4) is 11.5 Å². The molecule has 0 atom stereocenters. The van der Waals surface area contributed by atoms with Crippen molar-refractivity contribution in [1.82, 2.24) is 19.5 Å². The number of fused-ring (bicyclic) bond motifs is 2. The number of ether oxygens (including phenoxy) is 2. The molecule has 4 rings (SSSR count). The Bertz CT molecular complexity index is 982. The van der Waals surface area contributed by atoms with Crippen LogP contribution in [0.3, 0.4) is 0 Å². The average molecular weight is 358 g/mol. The number of hydrogen-bond acceptors (Lipinski definition) is 7. The zero-order chi connectivity index (χ0) is 17.4. The Morgan fingerprint density at radius 1 is 1.24 bits per heavy atom. The van der Waals surface area contributed by atoms with Gasteiger partial charge in [-0.1, -0.05) is 24.3 Å². The lowest BCUT2D eigenvalue weighted by molar-refractivity contribution is 0.174. The van der Waals surface area contributed by atoms with Gasteiger partial charge in [0, 0.05) is 18.3 Å². The van der Waals surface area contributed by atoms with Crippen LogP contribution in [0.15, 0.2) is 29.1 Å². The molecule has 8 heteroatoms. The number of rotatable bonds is 5. The van der Waals surface area contributed by atoms with Crippen LogP contribution in [-0.2, 0) is 13.1 Å². The van der Waals surface area contributed by atoms with Crippen LogP contribution in [-0.4, -0.2) is 32.8 Å². The third-order valence-electron chi connectivity index (χ3n) is 4.06. The Morgan fingerprint density at radius 3 is 2.92 bits per heavy atom. The molecule has 0 N–H and O–H groups in total. The molecule has 0 spiro atoms. The molecular weight excluding hydrogens is 340 g/mol. The molecular formula is C17H18N4O3S. The first kappa shape index (κ1) is 16.0. The number of aryl methyl sites for hydroxylation is 1. The third-order valence-corrected chi connectivity index (χ3v) is 4.96. The molecule has 0 radical (unpaired) electrons. The van der Waals surface area contributed by atoms with E-state index in [0.717, 1.165) is 35.2 Å². The molecule has 130 valence electrons. The van der Waals surface area contributed by atoms with Gasteiger partial charge in [0.1, 0.15) is 5.01 Å². The lowest BCUT2D eigenvalue weighted by Gasteiger charge is -2.19. The van der Waals surface area contributed by atoms with Gasteiger partial charge in [-0.15, -0.1) is 0 Å². The standard InChI is InChI=1S/C17H18N4O3S/c1-3-20(8-12-4-5-13-14(7-12)24-10-23-13)9-15-19-21-16(22)6-11(2)18-17(21)25-15/h4-7H,3,8-10H2,1-2H3. The van der Waals surface area contributed by atoms with E-state index >= 15 is 0 Å². The van der Waals surface area contributed by atoms with E-state index in [1.54, 1.807) is 0 Å². The summed E-state index contributed by atoms with van der Waals surface area (Å²) in [5.41, 5.74) is 1.73. The fourth-order valence-corrected chi connectivity index (χ4v) is 3.78. The van der Waals surface area contributed by atoms with Gasteiger partial charge in [0.05, 0.1) is 6.54 Å². The lowest BCUT2D eigenvalue weighted by Crippen LogP contribution is -2.22. The highest BCUT2D eigenvalue weighted by Gasteiger charge is 2.16. The van der Waals surface area contributed by atoms with Crippen LogP contribution in [0.5, 0.6) is 11.5 Å². The second-order valence-electron chi connectivity index (χ2n) is 5.92. The summed E-state index contributed by atoms with van der Waals surface area (Å²) < 4.78 is 12.2.